The maximum absolute atomic E-state index is 14.4. The van der Waals surface area contributed by atoms with Gasteiger partial charge in [-0.25, -0.2) is 18.2 Å². The second-order valence-corrected chi connectivity index (χ2v) is 8.91. The van der Waals surface area contributed by atoms with Gasteiger partial charge in [-0.15, -0.1) is 0 Å². The van der Waals surface area contributed by atoms with Crippen molar-refractivity contribution in [1.29, 1.82) is 0 Å². The Hall–Kier alpha value is -3.02. The molecule has 0 aliphatic heterocycles. The van der Waals surface area contributed by atoms with Crippen LogP contribution in [-0.4, -0.2) is 15.8 Å². The highest BCUT2D eigenvalue weighted by atomic mass is 19.1. The first-order valence-corrected chi connectivity index (χ1v) is 10.9. The molecule has 3 aromatic rings. The van der Waals surface area contributed by atoms with Crippen molar-refractivity contribution in [2.45, 2.75) is 45.4 Å². The van der Waals surface area contributed by atoms with Crippen molar-refractivity contribution in [2.75, 3.05) is 0 Å². The number of ketones is 1. The van der Waals surface area contributed by atoms with Crippen molar-refractivity contribution in [3.05, 3.63) is 83.1 Å². The van der Waals surface area contributed by atoms with Crippen LogP contribution in [0, 0.1) is 29.3 Å². The average molecular weight is 438 g/mol. The van der Waals surface area contributed by atoms with Crippen LogP contribution in [0.1, 0.15) is 60.6 Å². The van der Waals surface area contributed by atoms with E-state index in [0.717, 1.165) is 42.2 Å². The summed E-state index contributed by atoms with van der Waals surface area (Å²) in [6.07, 6.45) is 6.79. The number of hydrogen-bond donors (Lipinski definition) is 0. The Morgan fingerprint density at radius 1 is 0.938 bits per heavy atom. The number of hydrogen-bond acceptors (Lipinski definition) is 3. The van der Waals surface area contributed by atoms with E-state index in [4.69, 9.17) is 0 Å². The molecule has 0 N–H and O–H groups in total. The molecule has 166 valence electrons. The molecular formula is C26H25F3N2O. The lowest BCUT2D eigenvalue weighted by atomic mass is 9.73. The van der Waals surface area contributed by atoms with Gasteiger partial charge in [0.2, 0.25) is 0 Å². The van der Waals surface area contributed by atoms with Gasteiger partial charge in [-0.1, -0.05) is 19.9 Å². The largest absolute Gasteiger partial charge is 0.292 e. The highest BCUT2D eigenvalue weighted by Gasteiger charge is 2.27. The number of carbonyl (C=O) groups is 1. The lowest BCUT2D eigenvalue weighted by Gasteiger charge is -2.32. The zero-order chi connectivity index (χ0) is 22.8. The predicted molar refractivity (Wildman–Crippen MR) is 117 cm³/mol. The Bertz CT molecular complexity index is 1120. The van der Waals surface area contributed by atoms with Gasteiger partial charge in [0.1, 0.15) is 28.8 Å². The molecule has 1 aromatic carbocycles. The molecule has 0 radical (unpaired) electrons. The molecule has 32 heavy (non-hydrogen) atoms. The van der Waals surface area contributed by atoms with Gasteiger partial charge in [0, 0.05) is 18.8 Å². The fraction of sp³-hybridized carbons (Fsp3) is 0.346. The number of aromatic nitrogens is 2. The third-order valence-electron chi connectivity index (χ3n) is 6.24. The van der Waals surface area contributed by atoms with E-state index in [0.29, 0.717) is 17.8 Å². The normalized spacial score (nSPS) is 20.8. The van der Waals surface area contributed by atoms with Crippen molar-refractivity contribution in [3.8, 4) is 11.3 Å². The summed E-state index contributed by atoms with van der Waals surface area (Å²) < 4.78 is 42.7. The van der Waals surface area contributed by atoms with E-state index in [9.17, 15) is 18.0 Å². The molecule has 1 fully saturated rings. The lowest BCUT2D eigenvalue weighted by Crippen LogP contribution is -2.20. The Labute approximate surface area is 185 Å². The summed E-state index contributed by atoms with van der Waals surface area (Å²) in [5.41, 5.74) is 0.798. The molecule has 6 heteroatoms. The van der Waals surface area contributed by atoms with Crippen LogP contribution >= 0.6 is 0 Å². The maximum atomic E-state index is 14.4. The highest BCUT2D eigenvalue weighted by Crippen LogP contribution is 2.40. The van der Waals surface area contributed by atoms with Gasteiger partial charge in [0.15, 0.2) is 5.78 Å². The Balaban J connectivity index is 1.64. The zero-order valence-electron chi connectivity index (χ0n) is 18.1. The number of Topliss-reactive ketones (excluding diaryl/α,β-unsaturated/α-hetero) is 1. The second kappa shape index (κ2) is 9.23. The molecule has 0 amide bonds. The second-order valence-electron chi connectivity index (χ2n) is 8.91. The number of nitrogens with zero attached hydrogens (tertiary/aromatic N) is 2. The molecule has 0 bridgehead atoms. The molecule has 0 saturated heterocycles. The van der Waals surface area contributed by atoms with Crippen LogP contribution < -0.4 is 0 Å². The molecule has 3 atom stereocenters. The van der Waals surface area contributed by atoms with E-state index < -0.39 is 28.7 Å². The van der Waals surface area contributed by atoms with Crippen molar-refractivity contribution in [1.82, 2.24) is 9.97 Å². The summed E-state index contributed by atoms with van der Waals surface area (Å²) in [5, 5.41) is 0. The summed E-state index contributed by atoms with van der Waals surface area (Å²) in [4.78, 5) is 21.2. The van der Waals surface area contributed by atoms with Gasteiger partial charge < -0.3 is 0 Å². The first-order chi connectivity index (χ1) is 15.3. The molecular weight excluding hydrogens is 413 g/mol. The minimum absolute atomic E-state index is 0.0377. The summed E-state index contributed by atoms with van der Waals surface area (Å²) in [6.45, 7) is 4.50. The molecule has 1 unspecified atom stereocenters. The number of pyridine rings is 2. The fourth-order valence-electron chi connectivity index (χ4n) is 4.95. The van der Waals surface area contributed by atoms with Gasteiger partial charge in [-0.3, -0.25) is 9.78 Å². The molecule has 0 spiro atoms. The number of carbonyl (C=O) groups excluding carboxylic acids is 1. The van der Waals surface area contributed by atoms with Gasteiger partial charge in [-0.05, 0) is 78.5 Å². The molecule has 3 nitrogen and oxygen atoms in total. The molecule has 1 aliphatic rings. The quantitative estimate of drug-likeness (QED) is 0.426. The van der Waals surface area contributed by atoms with E-state index in [2.05, 4.69) is 23.8 Å². The first kappa shape index (κ1) is 22.2. The molecule has 2 heterocycles. The van der Waals surface area contributed by atoms with E-state index in [1.165, 1.54) is 18.6 Å². The van der Waals surface area contributed by atoms with Crippen molar-refractivity contribution in [2.24, 2.45) is 11.8 Å². The molecule has 1 aliphatic carbocycles. The number of rotatable bonds is 5. The smallest absolute Gasteiger partial charge is 0.185 e. The third-order valence-corrected chi connectivity index (χ3v) is 6.24. The van der Waals surface area contributed by atoms with E-state index in [1.807, 2.05) is 6.07 Å². The van der Waals surface area contributed by atoms with Crippen LogP contribution in [0.5, 0.6) is 0 Å². The first-order valence-electron chi connectivity index (χ1n) is 10.9. The summed E-state index contributed by atoms with van der Waals surface area (Å²) >= 11 is 0. The standard InChI is InChI=1S/C26H25F3N2O/c1-15-10-16(2)12-17(11-15)19-8-9-30-14-18(19)13-24(32)23-7-6-22(29)26(31-23)25-20(27)4-3-5-21(25)28/h3-9,14-17H,10-13H2,1-2H3/t15-,16+,17?. The monoisotopic (exact) mass is 438 g/mol. The van der Waals surface area contributed by atoms with Crippen LogP contribution in [0.3, 0.4) is 0 Å². The average Bonchev–Trinajstić information content (AvgIpc) is 2.74. The van der Waals surface area contributed by atoms with Crippen LogP contribution in [0.15, 0.2) is 48.8 Å². The minimum Gasteiger partial charge on any atom is -0.292 e. The van der Waals surface area contributed by atoms with Crippen molar-refractivity contribution in [3.63, 3.8) is 0 Å². The van der Waals surface area contributed by atoms with Crippen LogP contribution in [0.25, 0.3) is 11.3 Å². The van der Waals surface area contributed by atoms with Crippen LogP contribution in [0.4, 0.5) is 13.2 Å². The maximum Gasteiger partial charge on any atom is 0.185 e. The minimum atomic E-state index is -0.934. The van der Waals surface area contributed by atoms with E-state index in [-0.39, 0.29) is 17.9 Å². The SMILES string of the molecule is C[C@@H]1CC(c2ccncc2CC(=O)c2ccc(F)c(-c3c(F)cccc3F)n2)C[C@H](C)C1. The summed E-state index contributed by atoms with van der Waals surface area (Å²) in [6, 6.07) is 7.50. The van der Waals surface area contributed by atoms with Gasteiger partial charge in [0.25, 0.3) is 0 Å². The number of halogens is 3. The molecule has 4 rings (SSSR count). The topological polar surface area (TPSA) is 42.9 Å². The van der Waals surface area contributed by atoms with E-state index >= 15 is 0 Å². The van der Waals surface area contributed by atoms with Crippen molar-refractivity contribution < 1.29 is 18.0 Å². The van der Waals surface area contributed by atoms with Gasteiger partial charge in [0.05, 0.1) is 5.56 Å². The van der Waals surface area contributed by atoms with Crippen molar-refractivity contribution >= 4 is 5.78 Å². The van der Waals surface area contributed by atoms with Gasteiger partial charge in [-0.2, -0.15) is 0 Å². The Morgan fingerprint density at radius 3 is 2.31 bits per heavy atom. The zero-order valence-corrected chi connectivity index (χ0v) is 18.1. The Morgan fingerprint density at radius 2 is 1.62 bits per heavy atom. The fourth-order valence-corrected chi connectivity index (χ4v) is 4.95. The summed E-state index contributed by atoms with van der Waals surface area (Å²) in [5.74, 6) is -1.54. The molecule has 2 aromatic heterocycles. The Kier molecular flexibility index (Phi) is 6.40. The highest BCUT2D eigenvalue weighted by molar-refractivity contribution is 5.96. The van der Waals surface area contributed by atoms with E-state index in [1.54, 1.807) is 12.4 Å². The third kappa shape index (κ3) is 4.59. The number of benzene rings is 1. The predicted octanol–water partition coefficient (Wildman–Crippen LogP) is 6.53. The summed E-state index contributed by atoms with van der Waals surface area (Å²) in [7, 11) is 0. The van der Waals surface area contributed by atoms with Crippen LogP contribution in [-0.2, 0) is 6.42 Å². The van der Waals surface area contributed by atoms with Gasteiger partial charge >= 0.3 is 0 Å². The molecule has 1 saturated carbocycles. The lowest BCUT2D eigenvalue weighted by molar-refractivity contribution is 0.0987. The van der Waals surface area contributed by atoms with Crippen LogP contribution in [0.2, 0.25) is 0 Å².